The molecule has 2 aromatic carbocycles. The van der Waals surface area contributed by atoms with Crippen LogP contribution in [-0.4, -0.2) is 18.0 Å². The Morgan fingerprint density at radius 2 is 1.76 bits per heavy atom. The van der Waals surface area contributed by atoms with Crippen molar-refractivity contribution in [2.75, 3.05) is 4.31 Å². The maximum atomic E-state index is 13.6. The number of anilines is 1. The highest BCUT2D eigenvalue weighted by molar-refractivity contribution is 7.92. The lowest BCUT2D eigenvalue weighted by molar-refractivity contribution is 0.588. The molecule has 0 amide bonds. The van der Waals surface area contributed by atoms with Crippen molar-refractivity contribution < 1.29 is 12.8 Å². The predicted molar refractivity (Wildman–Crippen MR) is 131 cm³/mol. The van der Waals surface area contributed by atoms with Crippen molar-refractivity contribution in [2.45, 2.75) is 32.7 Å². The normalized spacial score (nSPS) is 11.6. The van der Waals surface area contributed by atoms with Crippen molar-refractivity contribution in [2.24, 2.45) is 0 Å². The molecule has 7 heteroatoms. The maximum absolute atomic E-state index is 13.6. The monoisotopic (exact) mass is 463 g/mol. The van der Waals surface area contributed by atoms with Gasteiger partial charge in [-0.05, 0) is 55.3 Å². The number of rotatable bonds is 8. The van der Waals surface area contributed by atoms with Gasteiger partial charge in [-0.15, -0.1) is 6.58 Å². The molecule has 0 N–H and O–H groups in total. The van der Waals surface area contributed by atoms with E-state index in [1.165, 1.54) is 28.6 Å². The van der Waals surface area contributed by atoms with Crippen LogP contribution < -0.4 is 4.31 Å². The summed E-state index contributed by atoms with van der Waals surface area (Å²) in [5.74, 6) is -0.599. The summed E-state index contributed by atoms with van der Waals surface area (Å²) in [6, 6.07) is 16.5. The lowest BCUT2D eigenvalue weighted by atomic mass is 10.1. The van der Waals surface area contributed by atoms with E-state index >= 15 is 0 Å². The number of halogens is 1. The average molecular weight is 464 g/mol. The van der Waals surface area contributed by atoms with E-state index < -0.39 is 15.8 Å². The molecule has 2 aromatic heterocycles. The van der Waals surface area contributed by atoms with E-state index in [0.717, 1.165) is 22.2 Å². The summed E-state index contributed by atoms with van der Waals surface area (Å²) in [5.41, 5.74) is 4.79. The molecule has 0 saturated carbocycles. The lowest BCUT2D eigenvalue weighted by Crippen LogP contribution is -2.32. The summed E-state index contributed by atoms with van der Waals surface area (Å²) >= 11 is 0. The number of allylic oxidation sites excluding steroid dienone is 1. The average Bonchev–Trinajstić information content (AvgIpc) is 3.04. The first-order chi connectivity index (χ1) is 15.8. The molecule has 0 aliphatic heterocycles. The van der Waals surface area contributed by atoms with Gasteiger partial charge >= 0.3 is 0 Å². The molecule has 2 heterocycles. The number of aromatic nitrogens is 2. The van der Waals surface area contributed by atoms with Crippen LogP contribution in [0.3, 0.4) is 0 Å². The highest BCUT2D eigenvalue weighted by Crippen LogP contribution is 2.30. The van der Waals surface area contributed by atoms with Crippen LogP contribution in [0.2, 0.25) is 0 Å². The van der Waals surface area contributed by atoms with E-state index in [1.54, 1.807) is 18.3 Å². The molecule has 4 aromatic rings. The number of pyridine rings is 1. The smallest absolute Gasteiger partial charge is 0.239 e. The number of hydrogen-bond donors (Lipinski definition) is 0. The molecule has 5 nitrogen and oxygen atoms in total. The quantitative estimate of drug-likeness (QED) is 0.324. The van der Waals surface area contributed by atoms with Crippen molar-refractivity contribution >= 4 is 26.6 Å². The minimum absolute atomic E-state index is 0.0260. The van der Waals surface area contributed by atoms with E-state index in [4.69, 9.17) is 0 Å². The molecular formula is C26H26FN3O2S. The molecule has 0 aliphatic rings. The number of benzene rings is 2. The second kappa shape index (κ2) is 9.19. The molecule has 0 spiro atoms. The van der Waals surface area contributed by atoms with Crippen LogP contribution in [0.15, 0.2) is 79.5 Å². The van der Waals surface area contributed by atoms with Gasteiger partial charge in [-0.3, -0.25) is 9.29 Å². The fourth-order valence-electron chi connectivity index (χ4n) is 4.10. The van der Waals surface area contributed by atoms with Crippen LogP contribution in [0.5, 0.6) is 0 Å². The molecule has 0 unspecified atom stereocenters. The first-order valence-electron chi connectivity index (χ1n) is 10.7. The number of sulfonamides is 1. The first kappa shape index (κ1) is 22.7. The molecule has 33 heavy (non-hydrogen) atoms. The van der Waals surface area contributed by atoms with Gasteiger partial charge in [0.15, 0.2) is 0 Å². The fraction of sp³-hybridized carbons (Fsp3) is 0.192. The lowest BCUT2D eigenvalue weighted by Gasteiger charge is -2.25. The number of hydrogen-bond acceptors (Lipinski definition) is 3. The standard InChI is InChI=1S/C26H26FN3O2S/c1-4-16-29-20(3)19(2)24-14-15-28-25(26(24)29)17-30(23-12-10-22(27)11-13-23)33(31,32)18-21-8-6-5-7-9-21/h4-15H,1,16-18H2,2-3H3. The van der Waals surface area contributed by atoms with Crippen molar-refractivity contribution in [3.8, 4) is 0 Å². The second-order valence-corrected chi connectivity index (χ2v) is 9.88. The zero-order valence-electron chi connectivity index (χ0n) is 18.7. The summed E-state index contributed by atoms with van der Waals surface area (Å²) in [6.07, 6.45) is 3.52. The van der Waals surface area contributed by atoms with Crippen LogP contribution in [-0.2, 0) is 28.9 Å². The summed E-state index contributed by atoms with van der Waals surface area (Å²) in [4.78, 5) is 4.57. The molecule has 0 bridgehead atoms. The predicted octanol–water partition coefficient (Wildman–Crippen LogP) is 5.51. The van der Waals surface area contributed by atoms with Gasteiger partial charge in [0, 0.05) is 23.8 Å². The van der Waals surface area contributed by atoms with E-state index in [9.17, 15) is 12.8 Å². The summed E-state index contributed by atoms with van der Waals surface area (Å²) in [7, 11) is -3.80. The summed E-state index contributed by atoms with van der Waals surface area (Å²) in [6.45, 7) is 8.55. The Bertz CT molecular complexity index is 1400. The zero-order valence-corrected chi connectivity index (χ0v) is 19.5. The van der Waals surface area contributed by atoms with E-state index in [2.05, 4.69) is 16.1 Å². The third-order valence-electron chi connectivity index (χ3n) is 5.87. The molecule has 170 valence electrons. The maximum Gasteiger partial charge on any atom is 0.239 e. The SMILES string of the molecule is C=CCn1c(C)c(C)c2ccnc(CN(c3ccc(F)cc3)S(=O)(=O)Cc3ccccc3)c21. The van der Waals surface area contributed by atoms with Gasteiger partial charge in [0.05, 0.1) is 29.2 Å². The van der Waals surface area contributed by atoms with Crippen molar-refractivity contribution in [3.05, 3.63) is 108 Å². The minimum Gasteiger partial charge on any atom is -0.339 e. The van der Waals surface area contributed by atoms with Crippen LogP contribution in [0, 0.1) is 19.7 Å². The van der Waals surface area contributed by atoms with Crippen LogP contribution in [0.1, 0.15) is 22.5 Å². The van der Waals surface area contributed by atoms with Gasteiger partial charge < -0.3 is 4.57 Å². The molecular weight excluding hydrogens is 437 g/mol. The highest BCUT2D eigenvalue weighted by atomic mass is 32.2. The Hall–Kier alpha value is -3.45. The fourth-order valence-corrected chi connectivity index (χ4v) is 5.63. The Kier molecular flexibility index (Phi) is 6.33. The Balaban J connectivity index is 1.84. The molecule has 0 fully saturated rings. The van der Waals surface area contributed by atoms with Gasteiger partial charge in [-0.1, -0.05) is 36.4 Å². The van der Waals surface area contributed by atoms with Gasteiger partial charge in [0.2, 0.25) is 10.0 Å². The van der Waals surface area contributed by atoms with Crippen LogP contribution in [0.4, 0.5) is 10.1 Å². The number of nitrogens with zero attached hydrogens (tertiary/aromatic N) is 3. The van der Waals surface area contributed by atoms with Gasteiger partial charge in [-0.25, -0.2) is 12.8 Å². The molecule has 0 saturated heterocycles. The summed E-state index contributed by atoms with van der Waals surface area (Å²) in [5, 5.41) is 1.03. The third-order valence-corrected chi connectivity index (χ3v) is 7.58. The van der Waals surface area contributed by atoms with Crippen molar-refractivity contribution in [1.29, 1.82) is 0 Å². The van der Waals surface area contributed by atoms with E-state index in [1.807, 2.05) is 44.2 Å². The Morgan fingerprint density at radius 1 is 1.06 bits per heavy atom. The van der Waals surface area contributed by atoms with Crippen LogP contribution >= 0.6 is 0 Å². The zero-order chi connectivity index (χ0) is 23.6. The minimum atomic E-state index is -3.80. The van der Waals surface area contributed by atoms with Gasteiger partial charge in [0.1, 0.15) is 5.82 Å². The molecule has 0 aliphatic carbocycles. The second-order valence-electron chi connectivity index (χ2n) is 7.99. The van der Waals surface area contributed by atoms with Gasteiger partial charge in [0.25, 0.3) is 0 Å². The number of fused-ring (bicyclic) bond motifs is 1. The van der Waals surface area contributed by atoms with Crippen LogP contribution in [0.25, 0.3) is 10.9 Å². The van der Waals surface area contributed by atoms with Gasteiger partial charge in [-0.2, -0.15) is 0 Å². The Labute approximate surface area is 193 Å². The van der Waals surface area contributed by atoms with Crippen molar-refractivity contribution in [3.63, 3.8) is 0 Å². The summed E-state index contributed by atoms with van der Waals surface area (Å²) < 4.78 is 44.2. The first-order valence-corrected chi connectivity index (χ1v) is 12.3. The highest BCUT2D eigenvalue weighted by Gasteiger charge is 2.26. The largest absolute Gasteiger partial charge is 0.339 e. The number of aryl methyl sites for hydroxylation is 1. The molecule has 0 atom stereocenters. The molecule has 0 radical (unpaired) electrons. The third kappa shape index (κ3) is 4.54. The van der Waals surface area contributed by atoms with Crippen molar-refractivity contribution in [1.82, 2.24) is 9.55 Å². The van der Waals surface area contributed by atoms with E-state index in [-0.39, 0.29) is 12.3 Å². The topological polar surface area (TPSA) is 55.2 Å². The molecule has 4 rings (SSSR count). The Morgan fingerprint density at radius 3 is 2.42 bits per heavy atom. The van der Waals surface area contributed by atoms with E-state index in [0.29, 0.717) is 23.5 Å².